The zero-order chi connectivity index (χ0) is 43.3. The molecule has 5 heteroatoms. The van der Waals surface area contributed by atoms with E-state index in [1.807, 2.05) is 54.6 Å². The first-order chi connectivity index (χ1) is 32.6. The van der Waals surface area contributed by atoms with Crippen molar-refractivity contribution in [1.29, 1.82) is 0 Å². The van der Waals surface area contributed by atoms with Gasteiger partial charge in [-0.1, -0.05) is 152 Å². The number of nitrogens with zero attached hydrogens (tertiary/aromatic N) is 3. The van der Waals surface area contributed by atoms with Gasteiger partial charge in [-0.25, -0.2) is 15.0 Å². The summed E-state index contributed by atoms with van der Waals surface area (Å²) in [6.45, 7) is 0. The minimum Gasteiger partial charge on any atom is -0.460 e. The van der Waals surface area contributed by atoms with E-state index < -0.39 is 0 Å². The van der Waals surface area contributed by atoms with E-state index >= 15 is 0 Å². The number of hydrogen-bond acceptors (Lipinski definition) is 5. The summed E-state index contributed by atoms with van der Waals surface area (Å²) < 4.78 is 13.2. The van der Waals surface area contributed by atoms with Gasteiger partial charge in [0, 0.05) is 44.8 Å². The van der Waals surface area contributed by atoms with Crippen molar-refractivity contribution in [2.24, 2.45) is 0 Å². The van der Waals surface area contributed by atoms with Crippen LogP contribution in [0.2, 0.25) is 0 Å². The molecule has 0 unspecified atom stereocenters. The van der Waals surface area contributed by atoms with Crippen LogP contribution in [0.4, 0.5) is 0 Å². The topological polar surface area (TPSA) is 65.0 Å². The summed E-state index contributed by atoms with van der Waals surface area (Å²) in [4.78, 5) is 15.7. The highest BCUT2D eigenvalue weighted by molar-refractivity contribution is 6.11. The molecule has 0 N–H and O–H groups in total. The third-order valence-corrected chi connectivity index (χ3v) is 13.6. The Balaban J connectivity index is 0.993. The van der Waals surface area contributed by atoms with Crippen LogP contribution in [0.5, 0.6) is 0 Å². The molecule has 0 spiro atoms. The molecule has 308 valence electrons. The molecule has 10 aromatic carbocycles. The summed E-state index contributed by atoms with van der Waals surface area (Å²) in [6.07, 6.45) is 4.04. The van der Waals surface area contributed by atoms with E-state index in [1.54, 1.807) is 0 Å². The summed E-state index contributed by atoms with van der Waals surface area (Å²) in [5.41, 5.74) is 10.8. The van der Waals surface area contributed by atoms with Gasteiger partial charge in [0.1, 0.15) is 22.5 Å². The second-order valence-electron chi connectivity index (χ2n) is 17.4. The van der Waals surface area contributed by atoms with E-state index in [9.17, 15) is 0 Å². The SMILES string of the molecule is C1=C(c2ccc3ccc4ccccc4c3c2)CCc2oc3cc(-c4nc(-c5ccccc5)nc(-c5ccc6c(c5)oc5ccccc56)n4)c(-c4ccc5ccc6ccccc6c5c4)cc3c21. The average molecular weight is 844 g/mol. The van der Waals surface area contributed by atoms with E-state index in [4.69, 9.17) is 23.8 Å². The van der Waals surface area contributed by atoms with Gasteiger partial charge in [0.05, 0.1) is 0 Å². The van der Waals surface area contributed by atoms with Crippen LogP contribution in [0, 0.1) is 0 Å². The van der Waals surface area contributed by atoms with Crippen molar-refractivity contribution in [3.8, 4) is 45.3 Å². The zero-order valence-electron chi connectivity index (χ0n) is 35.6. The molecule has 1 aliphatic carbocycles. The van der Waals surface area contributed by atoms with Crippen molar-refractivity contribution in [3.63, 3.8) is 0 Å². The maximum atomic E-state index is 6.86. The van der Waals surface area contributed by atoms with Crippen molar-refractivity contribution in [2.75, 3.05) is 0 Å². The molecular formula is C61H37N3O2. The summed E-state index contributed by atoms with van der Waals surface area (Å²) in [7, 11) is 0. The van der Waals surface area contributed by atoms with Gasteiger partial charge >= 0.3 is 0 Å². The van der Waals surface area contributed by atoms with Gasteiger partial charge in [-0.3, -0.25) is 0 Å². The standard InChI is InChI=1S/C61H37N3O2/c1-2-12-40(13-3-1)59-62-60(44-26-28-48-47-16-8-9-17-55(47)65-57(48)33-44)64-61(63-59)54-35-58-53(34-51(54)43-25-23-39-21-19-37-11-5-7-15-46(37)50(39)32-43)52-31-42(27-29-56(52)66-58)41-24-22-38-20-18-36-10-4-6-14-45(36)49(38)30-41/h1-26,28,30-35H,27,29H2. The first-order valence-electron chi connectivity index (χ1n) is 22.5. The number of rotatable bonds is 5. The largest absolute Gasteiger partial charge is 0.460 e. The molecule has 5 nitrogen and oxygen atoms in total. The molecule has 1 aliphatic rings. The lowest BCUT2D eigenvalue weighted by Gasteiger charge is -2.15. The van der Waals surface area contributed by atoms with Gasteiger partial charge in [0.25, 0.3) is 0 Å². The van der Waals surface area contributed by atoms with Gasteiger partial charge in [0.2, 0.25) is 0 Å². The van der Waals surface area contributed by atoms with Gasteiger partial charge in [-0.2, -0.15) is 0 Å². The highest BCUT2D eigenvalue weighted by Crippen LogP contribution is 2.44. The van der Waals surface area contributed by atoms with Crippen LogP contribution in [-0.4, -0.2) is 15.0 Å². The lowest BCUT2D eigenvalue weighted by atomic mass is 9.88. The second-order valence-corrected chi connectivity index (χ2v) is 17.4. The number of aromatic nitrogens is 3. The summed E-state index contributed by atoms with van der Waals surface area (Å²) in [6, 6.07) is 68.8. The van der Waals surface area contributed by atoms with Gasteiger partial charge in [-0.15, -0.1) is 0 Å². The molecule has 0 radical (unpaired) electrons. The van der Waals surface area contributed by atoms with Crippen molar-refractivity contribution in [1.82, 2.24) is 15.0 Å². The second kappa shape index (κ2) is 14.4. The van der Waals surface area contributed by atoms with E-state index in [1.165, 1.54) is 54.2 Å². The fraction of sp³-hybridized carbons (Fsp3) is 0.0328. The number of furan rings is 2. The van der Waals surface area contributed by atoms with Gasteiger partial charge < -0.3 is 8.83 Å². The molecule has 0 amide bonds. The third kappa shape index (κ3) is 5.90. The predicted octanol–water partition coefficient (Wildman–Crippen LogP) is 16.3. The van der Waals surface area contributed by atoms with Crippen LogP contribution < -0.4 is 0 Å². The normalized spacial score (nSPS) is 12.8. The molecule has 3 heterocycles. The molecule has 0 aliphatic heterocycles. The van der Waals surface area contributed by atoms with Crippen molar-refractivity contribution in [3.05, 3.63) is 211 Å². The Bertz CT molecular complexity index is 4180. The van der Waals surface area contributed by atoms with Crippen LogP contribution in [0.25, 0.3) is 133 Å². The maximum absolute atomic E-state index is 6.86. The van der Waals surface area contributed by atoms with Gasteiger partial charge in [0.15, 0.2) is 17.5 Å². The molecular weight excluding hydrogens is 807 g/mol. The fourth-order valence-corrected chi connectivity index (χ4v) is 10.3. The fourth-order valence-electron chi connectivity index (χ4n) is 10.3. The van der Waals surface area contributed by atoms with Crippen LogP contribution in [0.1, 0.15) is 23.3 Å². The predicted molar refractivity (Wildman–Crippen MR) is 271 cm³/mol. The molecule has 3 aromatic heterocycles. The zero-order valence-corrected chi connectivity index (χ0v) is 35.6. The van der Waals surface area contributed by atoms with Crippen molar-refractivity contribution in [2.45, 2.75) is 12.8 Å². The van der Waals surface area contributed by atoms with Crippen LogP contribution in [0.3, 0.4) is 0 Å². The Morgan fingerprint density at radius 2 is 0.879 bits per heavy atom. The van der Waals surface area contributed by atoms with E-state index in [0.717, 1.165) is 84.9 Å². The number of hydrogen-bond donors (Lipinski definition) is 0. The molecule has 14 rings (SSSR count). The van der Waals surface area contributed by atoms with Crippen molar-refractivity contribution >= 4 is 87.6 Å². The highest BCUT2D eigenvalue weighted by Gasteiger charge is 2.24. The summed E-state index contributed by atoms with van der Waals surface area (Å²) >= 11 is 0. The lowest BCUT2D eigenvalue weighted by molar-refractivity contribution is 0.548. The van der Waals surface area contributed by atoms with Crippen LogP contribution in [0.15, 0.2) is 203 Å². The Hall–Kier alpha value is -8.67. The monoisotopic (exact) mass is 843 g/mol. The number of benzene rings is 10. The summed E-state index contributed by atoms with van der Waals surface area (Å²) in [5.74, 6) is 2.71. The van der Waals surface area contributed by atoms with Crippen LogP contribution in [-0.2, 0) is 6.42 Å². The Morgan fingerprint density at radius 1 is 0.318 bits per heavy atom. The minimum absolute atomic E-state index is 0.561. The Labute approximate surface area is 379 Å². The summed E-state index contributed by atoms with van der Waals surface area (Å²) in [5, 5.41) is 13.0. The lowest BCUT2D eigenvalue weighted by Crippen LogP contribution is -2.01. The van der Waals surface area contributed by atoms with E-state index in [-0.39, 0.29) is 0 Å². The first-order valence-corrected chi connectivity index (χ1v) is 22.5. The van der Waals surface area contributed by atoms with E-state index in [2.05, 4.69) is 146 Å². The molecule has 0 atom stereocenters. The molecule has 0 saturated carbocycles. The minimum atomic E-state index is 0.561. The number of para-hydroxylation sites is 1. The molecule has 0 fully saturated rings. The van der Waals surface area contributed by atoms with Gasteiger partial charge in [-0.05, 0) is 120 Å². The number of allylic oxidation sites excluding steroid dienone is 1. The smallest absolute Gasteiger partial charge is 0.164 e. The van der Waals surface area contributed by atoms with E-state index in [0.29, 0.717) is 17.5 Å². The van der Waals surface area contributed by atoms with Crippen LogP contribution >= 0.6 is 0 Å². The highest BCUT2D eigenvalue weighted by atomic mass is 16.3. The first kappa shape index (κ1) is 36.8. The molecule has 0 bridgehead atoms. The number of aryl methyl sites for hydroxylation is 1. The third-order valence-electron chi connectivity index (χ3n) is 13.6. The molecule has 13 aromatic rings. The average Bonchev–Trinajstić information content (AvgIpc) is 3.95. The quantitative estimate of drug-likeness (QED) is 0.162. The maximum Gasteiger partial charge on any atom is 0.164 e. The molecule has 0 saturated heterocycles. The molecule has 66 heavy (non-hydrogen) atoms. The number of fused-ring (bicyclic) bond motifs is 12. The Kier molecular flexibility index (Phi) is 8.04. The van der Waals surface area contributed by atoms with Crippen molar-refractivity contribution < 1.29 is 8.83 Å². The Morgan fingerprint density at radius 3 is 1.64 bits per heavy atom.